The van der Waals surface area contributed by atoms with Crippen molar-refractivity contribution in [1.29, 1.82) is 0 Å². The number of sulfonamides is 1. The molecule has 1 aromatic rings. The summed E-state index contributed by atoms with van der Waals surface area (Å²) in [5, 5.41) is 0. The van der Waals surface area contributed by atoms with E-state index in [9.17, 15) is 8.42 Å². The molecule has 0 aromatic carbocycles. The predicted octanol–water partition coefficient (Wildman–Crippen LogP) is 1.64. The monoisotopic (exact) mass is 297 g/mol. The van der Waals surface area contributed by atoms with Crippen LogP contribution in [0.5, 0.6) is 0 Å². The molecule has 112 valence electrons. The van der Waals surface area contributed by atoms with Gasteiger partial charge in [-0.3, -0.25) is 4.98 Å². The van der Waals surface area contributed by atoms with Crippen LogP contribution in [0.15, 0.2) is 23.2 Å². The molecule has 0 saturated heterocycles. The van der Waals surface area contributed by atoms with Gasteiger partial charge in [0, 0.05) is 18.8 Å². The molecule has 1 aliphatic carbocycles. The average Bonchev–Trinajstić information content (AvgIpc) is 2.42. The largest absolute Gasteiger partial charge is 0.325 e. The number of hydrogen-bond acceptors (Lipinski definition) is 4. The lowest BCUT2D eigenvalue weighted by Crippen LogP contribution is -2.42. The number of aromatic nitrogens is 1. The maximum Gasteiger partial charge on any atom is 0.242 e. The highest BCUT2D eigenvalue weighted by atomic mass is 32.2. The van der Waals surface area contributed by atoms with Crippen LogP contribution >= 0.6 is 0 Å². The maximum absolute atomic E-state index is 12.3. The van der Waals surface area contributed by atoms with Crippen LogP contribution in [0.25, 0.3) is 0 Å². The third-order valence-electron chi connectivity index (χ3n) is 4.06. The highest BCUT2D eigenvalue weighted by Crippen LogP contribution is 2.29. The molecule has 0 spiro atoms. The Morgan fingerprint density at radius 1 is 1.35 bits per heavy atom. The maximum atomic E-state index is 12.3. The highest BCUT2D eigenvalue weighted by Gasteiger charge is 2.29. The first-order valence-corrected chi connectivity index (χ1v) is 8.58. The molecule has 0 aliphatic heterocycles. The summed E-state index contributed by atoms with van der Waals surface area (Å²) in [6.07, 6.45) is 4.41. The van der Waals surface area contributed by atoms with Gasteiger partial charge in [0.05, 0.1) is 5.69 Å². The Hall–Kier alpha value is -0.980. The van der Waals surface area contributed by atoms with Crippen LogP contribution in [0.1, 0.15) is 38.8 Å². The van der Waals surface area contributed by atoms with Crippen molar-refractivity contribution < 1.29 is 8.42 Å². The van der Waals surface area contributed by atoms with E-state index in [2.05, 4.69) is 23.6 Å². The van der Waals surface area contributed by atoms with E-state index in [1.807, 2.05) is 0 Å². The van der Waals surface area contributed by atoms with E-state index in [0.29, 0.717) is 24.1 Å². The summed E-state index contributed by atoms with van der Waals surface area (Å²) in [5.41, 5.74) is 6.15. The lowest BCUT2D eigenvalue weighted by Gasteiger charge is -2.32. The zero-order valence-electron chi connectivity index (χ0n) is 12.0. The van der Waals surface area contributed by atoms with Crippen molar-refractivity contribution in [1.82, 2.24) is 9.71 Å². The van der Waals surface area contributed by atoms with Crippen LogP contribution in [0.4, 0.5) is 0 Å². The second kappa shape index (κ2) is 6.20. The highest BCUT2D eigenvalue weighted by molar-refractivity contribution is 7.89. The van der Waals surface area contributed by atoms with Gasteiger partial charge < -0.3 is 5.73 Å². The Kier molecular flexibility index (Phi) is 4.78. The Balaban J connectivity index is 2.10. The molecule has 1 aliphatic rings. The molecule has 3 atom stereocenters. The summed E-state index contributed by atoms with van der Waals surface area (Å²) in [7, 11) is -3.49. The van der Waals surface area contributed by atoms with Gasteiger partial charge in [-0.25, -0.2) is 13.1 Å². The smallest absolute Gasteiger partial charge is 0.242 e. The summed E-state index contributed by atoms with van der Waals surface area (Å²) in [4.78, 5) is 4.25. The Morgan fingerprint density at radius 2 is 2.10 bits per heavy atom. The standard InChI is InChI=1S/C14H23N3O2S/c1-10-3-6-14(11(2)7-10)17-20(18,19)13-5-4-12(8-15)16-9-13/h4-5,9-11,14,17H,3,6-8,15H2,1-2H3. The van der Waals surface area contributed by atoms with Crippen molar-refractivity contribution in [3.8, 4) is 0 Å². The molecule has 0 radical (unpaired) electrons. The van der Waals surface area contributed by atoms with Gasteiger partial charge in [0.2, 0.25) is 10.0 Å². The van der Waals surface area contributed by atoms with Gasteiger partial charge in [-0.2, -0.15) is 0 Å². The van der Waals surface area contributed by atoms with Gasteiger partial charge in [0.1, 0.15) is 4.90 Å². The minimum Gasteiger partial charge on any atom is -0.325 e. The average molecular weight is 297 g/mol. The van der Waals surface area contributed by atoms with Gasteiger partial charge in [0.15, 0.2) is 0 Å². The molecule has 20 heavy (non-hydrogen) atoms. The van der Waals surface area contributed by atoms with E-state index >= 15 is 0 Å². The quantitative estimate of drug-likeness (QED) is 0.885. The zero-order valence-corrected chi connectivity index (χ0v) is 12.9. The summed E-state index contributed by atoms with van der Waals surface area (Å²) in [5.74, 6) is 1.04. The van der Waals surface area contributed by atoms with E-state index in [1.165, 1.54) is 6.20 Å². The molecule has 0 amide bonds. The van der Waals surface area contributed by atoms with E-state index in [4.69, 9.17) is 5.73 Å². The van der Waals surface area contributed by atoms with E-state index in [-0.39, 0.29) is 10.9 Å². The minimum absolute atomic E-state index is 0.0189. The van der Waals surface area contributed by atoms with Crippen LogP contribution < -0.4 is 10.5 Å². The summed E-state index contributed by atoms with van der Waals surface area (Å²) in [6, 6.07) is 3.24. The molecule has 0 bridgehead atoms. The number of nitrogens with one attached hydrogen (secondary N) is 1. The van der Waals surface area contributed by atoms with Crippen molar-refractivity contribution in [2.24, 2.45) is 17.6 Å². The van der Waals surface area contributed by atoms with Crippen molar-refractivity contribution >= 4 is 10.0 Å². The van der Waals surface area contributed by atoms with Crippen molar-refractivity contribution in [2.75, 3.05) is 0 Å². The van der Waals surface area contributed by atoms with Gasteiger partial charge >= 0.3 is 0 Å². The summed E-state index contributed by atoms with van der Waals surface area (Å²) >= 11 is 0. The molecule has 3 N–H and O–H groups in total. The fraction of sp³-hybridized carbons (Fsp3) is 0.643. The van der Waals surface area contributed by atoms with Crippen LogP contribution in [0.3, 0.4) is 0 Å². The van der Waals surface area contributed by atoms with Gasteiger partial charge in [-0.1, -0.05) is 13.8 Å². The van der Waals surface area contributed by atoms with Crippen molar-refractivity contribution in [2.45, 2.75) is 50.6 Å². The van der Waals surface area contributed by atoms with E-state index < -0.39 is 10.0 Å². The van der Waals surface area contributed by atoms with E-state index in [0.717, 1.165) is 19.3 Å². The van der Waals surface area contributed by atoms with E-state index in [1.54, 1.807) is 12.1 Å². The number of pyridine rings is 1. The molecule has 1 fully saturated rings. The number of nitrogens with two attached hydrogens (primary N) is 1. The first-order valence-electron chi connectivity index (χ1n) is 7.09. The zero-order chi connectivity index (χ0) is 14.8. The Bertz CT molecular complexity index is 542. The molecule has 6 heteroatoms. The minimum atomic E-state index is -3.49. The lowest BCUT2D eigenvalue weighted by molar-refractivity contribution is 0.249. The number of hydrogen-bond donors (Lipinski definition) is 2. The fourth-order valence-corrected chi connectivity index (χ4v) is 4.12. The molecule has 2 rings (SSSR count). The van der Waals surface area contributed by atoms with Gasteiger partial charge in [0.25, 0.3) is 0 Å². The number of nitrogens with zero attached hydrogens (tertiary/aromatic N) is 1. The number of rotatable bonds is 4. The van der Waals surface area contributed by atoms with Crippen LogP contribution in [-0.2, 0) is 16.6 Å². The van der Waals surface area contributed by atoms with Gasteiger partial charge in [-0.05, 0) is 43.2 Å². The predicted molar refractivity (Wildman–Crippen MR) is 78.4 cm³/mol. The Labute approximate surface area is 121 Å². The first kappa shape index (κ1) is 15.4. The second-order valence-electron chi connectivity index (χ2n) is 5.81. The first-order chi connectivity index (χ1) is 9.42. The van der Waals surface area contributed by atoms with Crippen LogP contribution in [0, 0.1) is 11.8 Å². The van der Waals surface area contributed by atoms with Crippen LogP contribution in [-0.4, -0.2) is 19.4 Å². The lowest BCUT2D eigenvalue weighted by atomic mass is 9.80. The Morgan fingerprint density at radius 3 is 2.65 bits per heavy atom. The van der Waals surface area contributed by atoms with Crippen molar-refractivity contribution in [3.63, 3.8) is 0 Å². The molecule has 1 saturated carbocycles. The summed E-state index contributed by atoms with van der Waals surface area (Å²) < 4.78 is 27.5. The molecule has 1 aromatic heterocycles. The third-order valence-corrected chi connectivity index (χ3v) is 5.53. The normalized spacial score (nSPS) is 27.4. The third kappa shape index (κ3) is 3.56. The second-order valence-corrected chi connectivity index (χ2v) is 7.53. The SMILES string of the molecule is CC1CCC(NS(=O)(=O)c2ccc(CN)nc2)C(C)C1. The molecular weight excluding hydrogens is 274 g/mol. The molecule has 3 unspecified atom stereocenters. The molecule has 5 nitrogen and oxygen atoms in total. The molecule has 1 heterocycles. The fourth-order valence-electron chi connectivity index (χ4n) is 2.80. The topological polar surface area (TPSA) is 85.1 Å². The summed E-state index contributed by atoms with van der Waals surface area (Å²) in [6.45, 7) is 4.64. The molecular formula is C14H23N3O2S. The van der Waals surface area contributed by atoms with Crippen LogP contribution in [0.2, 0.25) is 0 Å². The van der Waals surface area contributed by atoms with Gasteiger partial charge in [-0.15, -0.1) is 0 Å². The van der Waals surface area contributed by atoms with Crippen molar-refractivity contribution in [3.05, 3.63) is 24.0 Å².